The maximum atomic E-state index is 12.4. The first kappa shape index (κ1) is 17.1. The molecule has 24 heavy (non-hydrogen) atoms. The van der Waals surface area contributed by atoms with Gasteiger partial charge in [-0.15, -0.1) is 11.3 Å². The van der Waals surface area contributed by atoms with Gasteiger partial charge in [0.05, 0.1) is 12.5 Å². The Hall–Kier alpha value is -1.77. The summed E-state index contributed by atoms with van der Waals surface area (Å²) < 4.78 is 10.5. The number of methoxy groups -OCH3 is 1. The SMILES string of the molecule is COC(=O)c1sc2nc(C[NH+]3C[C@H](C)O[C@@H](C)C3)[nH]c(=O)c2c1C. The van der Waals surface area contributed by atoms with Crippen molar-refractivity contribution in [2.24, 2.45) is 0 Å². The number of aryl methyl sites for hydroxylation is 1. The summed E-state index contributed by atoms with van der Waals surface area (Å²) in [5, 5.41) is 0.475. The topological polar surface area (TPSA) is 85.7 Å². The minimum atomic E-state index is -0.432. The molecule has 0 aliphatic carbocycles. The number of thiophene rings is 1. The number of morpholine rings is 1. The first-order valence-electron chi connectivity index (χ1n) is 7.98. The highest BCUT2D eigenvalue weighted by Crippen LogP contribution is 2.27. The fraction of sp³-hybridized carbons (Fsp3) is 0.562. The predicted molar refractivity (Wildman–Crippen MR) is 90.7 cm³/mol. The number of aromatic nitrogens is 2. The van der Waals surface area contributed by atoms with Crippen molar-refractivity contribution in [2.45, 2.75) is 39.5 Å². The van der Waals surface area contributed by atoms with Crippen LogP contribution in [0, 0.1) is 6.92 Å². The number of hydrogen-bond donors (Lipinski definition) is 2. The second-order valence-electron chi connectivity index (χ2n) is 6.33. The fourth-order valence-corrected chi connectivity index (χ4v) is 4.45. The zero-order valence-corrected chi connectivity index (χ0v) is 15.1. The average molecular weight is 352 g/mol. The molecule has 2 atom stereocenters. The number of H-pyrrole nitrogens is 1. The van der Waals surface area contributed by atoms with Crippen LogP contribution in [0.15, 0.2) is 4.79 Å². The third-order valence-corrected chi connectivity index (χ3v) is 5.42. The number of fused-ring (bicyclic) bond motifs is 1. The number of rotatable bonds is 3. The van der Waals surface area contributed by atoms with Gasteiger partial charge in [-0.1, -0.05) is 0 Å². The third kappa shape index (κ3) is 3.22. The number of carbonyl (C=O) groups is 1. The van der Waals surface area contributed by atoms with Crippen LogP contribution in [0.5, 0.6) is 0 Å². The summed E-state index contributed by atoms with van der Waals surface area (Å²) in [6, 6.07) is 0. The van der Waals surface area contributed by atoms with Gasteiger partial charge in [-0.3, -0.25) is 4.79 Å². The van der Waals surface area contributed by atoms with Crippen molar-refractivity contribution in [3.63, 3.8) is 0 Å². The molecule has 1 aliphatic rings. The molecule has 0 amide bonds. The number of quaternary nitrogens is 1. The average Bonchev–Trinajstić information content (AvgIpc) is 2.82. The molecule has 0 radical (unpaired) electrons. The van der Waals surface area contributed by atoms with Crippen molar-refractivity contribution in [3.05, 3.63) is 26.6 Å². The van der Waals surface area contributed by atoms with Crippen LogP contribution in [0.2, 0.25) is 0 Å². The Morgan fingerprint density at radius 1 is 1.42 bits per heavy atom. The largest absolute Gasteiger partial charge is 0.465 e. The molecule has 0 bridgehead atoms. The van der Waals surface area contributed by atoms with E-state index in [0.29, 0.717) is 33.0 Å². The van der Waals surface area contributed by atoms with E-state index < -0.39 is 5.97 Å². The van der Waals surface area contributed by atoms with Gasteiger partial charge in [-0.2, -0.15) is 0 Å². The normalized spacial score (nSPS) is 24.2. The van der Waals surface area contributed by atoms with E-state index in [1.807, 2.05) is 0 Å². The van der Waals surface area contributed by atoms with E-state index in [9.17, 15) is 9.59 Å². The zero-order valence-electron chi connectivity index (χ0n) is 14.3. The molecule has 130 valence electrons. The molecule has 7 nitrogen and oxygen atoms in total. The first-order chi connectivity index (χ1) is 11.4. The molecule has 0 unspecified atom stereocenters. The van der Waals surface area contributed by atoms with Crippen LogP contribution in [0.4, 0.5) is 0 Å². The number of aromatic amines is 1. The Balaban J connectivity index is 1.93. The van der Waals surface area contributed by atoms with Gasteiger partial charge >= 0.3 is 5.97 Å². The summed E-state index contributed by atoms with van der Waals surface area (Å²) in [5.74, 6) is 0.208. The van der Waals surface area contributed by atoms with Crippen LogP contribution in [-0.2, 0) is 16.0 Å². The van der Waals surface area contributed by atoms with Gasteiger partial charge in [-0.05, 0) is 26.3 Å². The number of nitrogens with one attached hydrogen (secondary N) is 2. The summed E-state index contributed by atoms with van der Waals surface area (Å²) in [6.07, 6.45) is 0.378. The molecule has 0 spiro atoms. The maximum Gasteiger partial charge on any atom is 0.348 e. The number of hydrogen-bond acceptors (Lipinski definition) is 6. The van der Waals surface area contributed by atoms with E-state index >= 15 is 0 Å². The van der Waals surface area contributed by atoms with E-state index in [0.717, 1.165) is 13.1 Å². The highest BCUT2D eigenvalue weighted by molar-refractivity contribution is 7.20. The van der Waals surface area contributed by atoms with Gasteiger partial charge in [-0.25, -0.2) is 9.78 Å². The summed E-state index contributed by atoms with van der Waals surface area (Å²) in [5.41, 5.74) is 0.427. The Labute approximate surface area is 143 Å². The van der Waals surface area contributed by atoms with Crippen molar-refractivity contribution in [3.8, 4) is 0 Å². The third-order valence-electron chi connectivity index (χ3n) is 4.25. The lowest BCUT2D eigenvalue weighted by molar-refractivity contribution is -0.928. The van der Waals surface area contributed by atoms with E-state index in [1.54, 1.807) is 6.92 Å². The Kier molecular flexibility index (Phi) is 4.71. The van der Waals surface area contributed by atoms with Crippen LogP contribution in [0.1, 0.15) is 34.9 Å². The lowest BCUT2D eigenvalue weighted by Gasteiger charge is -2.32. The van der Waals surface area contributed by atoms with Crippen molar-refractivity contribution in [2.75, 3.05) is 20.2 Å². The van der Waals surface area contributed by atoms with Gasteiger partial charge in [0, 0.05) is 0 Å². The summed E-state index contributed by atoms with van der Waals surface area (Å²) >= 11 is 1.21. The predicted octanol–water partition coefficient (Wildman–Crippen LogP) is 0.272. The smallest absolute Gasteiger partial charge is 0.348 e. The molecule has 2 aromatic heterocycles. The highest BCUT2D eigenvalue weighted by Gasteiger charge is 2.27. The number of ether oxygens (including phenoxy) is 2. The number of esters is 1. The summed E-state index contributed by atoms with van der Waals surface area (Å²) in [7, 11) is 1.33. The number of carbonyl (C=O) groups excluding carboxylic acids is 1. The van der Waals surface area contributed by atoms with Gasteiger partial charge < -0.3 is 19.4 Å². The molecule has 3 heterocycles. The molecule has 0 aromatic carbocycles. The van der Waals surface area contributed by atoms with Crippen LogP contribution in [0.3, 0.4) is 0 Å². The maximum absolute atomic E-state index is 12.4. The van der Waals surface area contributed by atoms with Gasteiger partial charge in [0.1, 0.15) is 41.5 Å². The molecular formula is C16H22N3O4S+. The van der Waals surface area contributed by atoms with Crippen molar-refractivity contribution < 1.29 is 19.2 Å². The lowest BCUT2D eigenvalue weighted by Crippen LogP contribution is -3.14. The molecule has 1 fully saturated rings. The Morgan fingerprint density at radius 2 is 2.08 bits per heavy atom. The molecule has 3 rings (SSSR count). The van der Waals surface area contributed by atoms with Gasteiger partial charge in [0.25, 0.3) is 5.56 Å². The minimum absolute atomic E-state index is 0.189. The Morgan fingerprint density at radius 3 is 2.71 bits per heavy atom. The van der Waals surface area contributed by atoms with E-state index in [-0.39, 0.29) is 17.8 Å². The highest BCUT2D eigenvalue weighted by atomic mass is 32.1. The molecule has 1 saturated heterocycles. The molecule has 2 N–H and O–H groups in total. The lowest BCUT2D eigenvalue weighted by atomic mass is 10.2. The molecule has 2 aromatic rings. The van der Waals surface area contributed by atoms with Crippen molar-refractivity contribution in [1.82, 2.24) is 9.97 Å². The van der Waals surface area contributed by atoms with E-state index in [2.05, 4.69) is 23.8 Å². The zero-order chi connectivity index (χ0) is 17.4. The van der Waals surface area contributed by atoms with Crippen LogP contribution < -0.4 is 10.5 Å². The minimum Gasteiger partial charge on any atom is -0.465 e. The monoisotopic (exact) mass is 352 g/mol. The quantitative estimate of drug-likeness (QED) is 0.775. The summed E-state index contributed by atoms with van der Waals surface area (Å²) in [4.78, 5) is 34.0. The second-order valence-corrected chi connectivity index (χ2v) is 7.33. The van der Waals surface area contributed by atoms with Gasteiger partial charge in [0.2, 0.25) is 0 Å². The Bertz CT molecular complexity index is 819. The number of nitrogens with zero attached hydrogens (tertiary/aromatic N) is 1. The van der Waals surface area contributed by atoms with Crippen LogP contribution >= 0.6 is 11.3 Å². The molecule has 0 saturated carbocycles. The molecular weight excluding hydrogens is 330 g/mol. The fourth-order valence-electron chi connectivity index (χ4n) is 3.33. The van der Waals surface area contributed by atoms with Crippen LogP contribution in [-0.4, -0.2) is 48.3 Å². The molecule has 1 aliphatic heterocycles. The summed E-state index contributed by atoms with van der Waals surface area (Å²) in [6.45, 7) is 8.25. The van der Waals surface area contributed by atoms with E-state index in [4.69, 9.17) is 9.47 Å². The molecule has 8 heteroatoms. The second kappa shape index (κ2) is 6.62. The van der Waals surface area contributed by atoms with E-state index in [1.165, 1.54) is 23.3 Å². The van der Waals surface area contributed by atoms with Crippen molar-refractivity contribution in [1.29, 1.82) is 0 Å². The van der Waals surface area contributed by atoms with Gasteiger partial charge in [0.15, 0.2) is 5.82 Å². The first-order valence-corrected chi connectivity index (χ1v) is 8.80. The van der Waals surface area contributed by atoms with Crippen LogP contribution in [0.25, 0.3) is 10.2 Å². The van der Waals surface area contributed by atoms with Crippen molar-refractivity contribution >= 4 is 27.5 Å². The standard InChI is InChI=1S/C16H21N3O4S/c1-8-5-19(6-9(2)23-8)7-11-17-14(20)12-10(3)13(16(21)22-4)24-15(12)18-11/h8-9H,5-7H2,1-4H3,(H,17,18,20)/p+1/t8-,9-/m0/s1.